The number of hydrogen-bond acceptors (Lipinski definition) is 0. The lowest BCUT2D eigenvalue weighted by molar-refractivity contribution is 0.914. The molecule has 0 aliphatic heterocycles. The summed E-state index contributed by atoms with van der Waals surface area (Å²) in [6, 6.07) is 6.64. The number of aromatic nitrogens is 1. The van der Waals surface area contributed by atoms with Crippen LogP contribution in [0.2, 0.25) is 0 Å². The van der Waals surface area contributed by atoms with Crippen LogP contribution < -0.4 is 0 Å². The zero-order valence-corrected chi connectivity index (χ0v) is 8.68. The molecule has 13 heavy (non-hydrogen) atoms. The summed E-state index contributed by atoms with van der Waals surface area (Å²) in [7, 11) is 2.13. The maximum Gasteiger partial charge on any atom is 0.0512 e. The molecule has 0 aliphatic rings. The van der Waals surface area contributed by atoms with Gasteiger partial charge in [0.1, 0.15) is 0 Å². The van der Waals surface area contributed by atoms with Gasteiger partial charge in [0.25, 0.3) is 0 Å². The molecule has 0 saturated carbocycles. The van der Waals surface area contributed by atoms with E-state index < -0.39 is 0 Å². The van der Waals surface area contributed by atoms with E-state index in [1.807, 2.05) is 0 Å². The van der Waals surface area contributed by atoms with Gasteiger partial charge in [-0.15, -0.1) is 0 Å². The molecular weight excluding hydrogens is 158 g/mol. The quantitative estimate of drug-likeness (QED) is 0.577. The molecular formula is C12H15N. The second kappa shape index (κ2) is 2.63. The van der Waals surface area contributed by atoms with E-state index in [9.17, 15) is 0 Å². The van der Waals surface area contributed by atoms with E-state index in [2.05, 4.69) is 50.6 Å². The highest BCUT2D eigenvalue weighted by Gasteiger charge is 2.06. The van der Waals surface area contributed by atoms with Crippen LogP contribution in [0.15, 0.2) is 18.2 Å². The Bertz CT molecular complexity index is 463. The van der Waals surface area contributed by atoms with Gasteiger partial charge in [-0.05, 0) is 38.0 Å². The number of fused-ring (bicyclic) bond motifs is 1. The molecule has 2 rings (SSSR count). The first-order valence-electron chi connectivity index (χ1n) is 4.63. The van der Waals surface area contributed by atoms with E-state index in [4.69, 9.17) is 0 Å². The van der Waals surface area contributed by atoms with Crippen molar-refractivity contribution >= 4 is 10.9 Å². The van der Waals surface area contributed by atoms with Crippen LogP contribution in [0.1, 0.15) is 16.8 Å². The summed E-state index contributed by atoms with van der Waals surface area (Å²) in [6.07, 6.45) is 0. The van der Waals surface area contributed by atoms with Crippen molar-refractivity contribution in [2.75, 3.05) is 0 Å². The summed E-state index contributed by atoms with van der Waals surface area (Å²) in [5, 5.41) is 1.39. The Morgan fingerprint density at radius 2 is 1.62 bits per heavy atom. The molecule has 0 radical (unpaired) electrons. The van der Waals surface area contributed by atoms with Gasteiger partial charge in [-0.1, -0.05) is 12.1 Å². The van der Waals surface area contributed by atoms with Crippen molar-refractivity contribution in [1.29, 1.82) is 0 Å². The third kappa shape index (κ3) is 1.07. The Balaban J connectivity index is 3.00. The van der Waals surface area contributed by atoms with E-state index >= 15 is 0 Å². The fraction of sp³-hybridized carbons (Fsp3) is 0.333. The second-order valence-corrected chi connectivity index (χ2v) is 3.81. The standard InChI is InChI=1S/C12H15N/c1-8-5-6-9(2)12-11(8)7-10(3)13(12)4/h5-7H,1-4H3. The van der Waals surface area contributed by atoms with Crippen molar-refractivity contribution in [2.45, 2.75) is 20.8 Å². The zero-order chi connectivity index (χ0) is 9.59. The van der Waals surface area contributed by atoms with Crippen molar-refractivity contribution in [1.82, 2.24) is 4.57 Å². The van der Waals surface area contributed by atoms with Crippen LogP contribution in [-0.2, 0) is 7.05 Å². The largest absolute Gasteiger partial charge is 0.348 e. The molecule has 0 amide bonds. The Kier molecular flexibility index (Phi) is 1.69. The van der Waals surface area contributed by atoms with E-state index in [0.29, 0.717) is 0 Å². The van der Waals surface area contributed by atoms with Crippen LogP contribution in [0, 0.1) is 20.8 Å². The van der Waals surface area contributed by atoms with E-state index in [0.717, 1.165) is 0 Å². The molecule has 0 fully saturated rings. The van der Waals surface area contributed by atoms with Crippen molar-refractivity contribution in [3.63, 3.8) is 0 Å². The molecule has 68 valence electrons. The summed E-state index contributed by atoms with van der Waals surface area (Å²) in [5.41, 5.74) is 5.42. The molecule has 0 atom stereocenters. The molecule has 1 aromatic carbocycles. The second-order valence-electron chi connectivity index (χ2n) is 3.81. The Morgan fingerprint density at radius 1 is 1.00 bits per heavy atom. The summed E-state index contributed by atoms with van der Waals surface area (Å²) in [4.78, 5) is 0. The SMILES string of the molecule is Cc1ccc(C)c2c1cc(C)n2C. The highest BCUT2D eigenvalue weighted by molar-refractivity contribution is 5.87. The number of nitrogens with zero attached hydrogens (tertiary/aromatic N) is 1. The first-order chi connectivity index (χ1) is 6.11. The fourth-order valence-corrected chi connectivity index (χ4v) is 1.93. The smallest absolute Gasteiger partial charge is 0.0512 e. The summed E-state index contributed by atoms with van der Waals surface area (Å²) in [5.74, 6) is 0. The molecule has 0 bridgehead atoms. The third-order valence-corrected chi connectivity index (χ3v) is 2.85. The highest BCUT2D eigenvalue weighted by atomic mass is 14.9. The van der Waals surface area contributed by atoms with Gasteiger partial charge in [0, 0.05) is 18.1 Å². The molecule has 1 heteroatoms. The zero-order valence-electron chi connectivity index (χ0n) is 8.68. The predicted molar refractivity (Wildman–Crippen MR) is 57.1 cm³/mol. The molecule has 0 saturated heterocycles. The van der Waals surface area contributed by atoms with E-state index in [1.165, 1.54) is 27.7 Å². The van der Waals surface area contributed by atoms with Crippen molar-refractivity contribution in [2.24, 2.45) is 7.05 Å². The highest BCUT2D eigenvalue weighted by Crippen LogP contribution is 2.24. The van der Waals surface area contributed by atoms with Crippen LogP contribution in [-0.4, -0.2) is 4.57 Å². The molecule has 0 spiro atoms. The molecule has 1 heterocycles. The molecule has 1 nitrogen and oxygen atoms in total. The van der Waals surface area contributed by atoms with Crippen molar-refractivity contribution in [3.8, 4) is 0 Å². The molecule has 1 aromatic heterocycles. The van der Waals surface area contributed by atoms with Crippen molar-refractivity contribution < 1.29 is 0 Å². The summed E-state index contributed by atoms with van der Waals surface area (Å²) < 4.78 is 2.26. The fourth-order valence-electron chi connectivity index (χ4n) is 1.93. The van der Waals surface area contributed by atoms with Gasteiger partial charge in [0.2, 0.25) is 0 Å². The van der Waals surface area contributed by atoms with Gasteiger partial charge >= 0.3 is 0 Å². The average molecular weight is 173 g/mol. The minimum atomic E-state index is 1.33. The number of benzene rings is 1. The van der Waals surface area contributed by atoms with Gasteiger partial charge in [0.05, 0.1) is 5.52 Å². The summed E-state index contributed by atoms with van der Waals surface area (Å²) in [6.45, 7) is 6.49. The van der Waals surface area contributed by atoms with Gasteiger partial charge < -0.3 is 4.57 Å². The van der Waals surface area contributed by atoms with Crippen LogP contribution in [0.25, 0.3) is 10.9 Å². The number of hydrogen-bond donors (Lipinski definition) is 0. The van der Waals surface area contributed by atoms with Crippen LogP contribution >= 0.6 is 0 Å². The normalized spacial score (nSPS) is 11.1. The lowest BCUT2D eigenvalue weighted by Crippen LogP contribution is -1.91. The monoisotopic (exact) mass is 173 g/mol. The topological polar surface area (TPSA) is 4.93 Å². The number of rotatable bonds is 0. The lowest BCUT2D eigenvalue weighted by atomic mass is 10.1. The summed E-state index contributed by atoms with van der Waals surface area (Å²) >= 11 is 0. The van der Waals surface area contributed by atoms with Crippen LogP contribution in [0.3, 0.4) is 0 Å². The molecule has 2 aromatic rings. The van der Waals surface area contributed by atoms with E-state index in [1.54, 1.807) is 0 Å². The molecule has 0 N–H and O–H groups in total. The van der Waals surface area contributed by atoms with Crippen LogP contribution in [0.4, 0.5) is 0 Å². The van der Waals surface area contributed by atoms with Gasteiger partial charge in [-0.3, -0.25) is 0 Å². The molecule has 0 aliphatic carbocycles. The molecule has 0 unspecified atom stereocenters. The average Bonchev–Trinajstić information content (AvgIpc) is 2.38. The van der Waals surface area contributed by atoms with Gasteiger partial charge in [-0.2, -0.15) is 0 Å². The Labute approximate surface area is 79.0 Å². The van der Waals surface area contributed by atoms with Gasteiger partial charge in [0.15, 0.2) is 0 Å². The van der Waals surface area contributed by atoms with Crippen LogP contribution in [0.5, 0.6) is 0 Å². The third-order valence-electron chi connectivity index (χ3n) is 2.85. The van der Waals surface area contributed by atoms with Crippen molar-refractivity contribution in [3.05, 3.63) is 35.0 Å². The maximum absolute atomic E-state index is 2.26. The Hall–Kier alpha value is -1.24. The number of aryl methyl sites for hydroxylation is 4. The minimum Gasteiger partial charge on any atom is -0.348 e. The Morgan fingerprint density at radius 3 is 2.23 bits per heavy atom. The predicted octanol–water partition coefficient (Wildman–Crippen LogP) is 3.10. The maximum atomic E-state index is 2.26. The lowest BCUT2D eigenvalue weighted by Gasteiger charge is -2.03. The first-order valence-corrected chi connectivity index (χ1v) is 4.63. The van der Waals surface area contributed by atoms with Gasteiger partial charge in [-0.25, -0.2) is 0 Å². The first kappa shape index (κ1) is 8.36. The van der Waals surface area contributed by atoms with E-state index in [-0.39, 0.29) is 0 Å². The minimum absolute atomic E-state index is 1.33.